The number of hydrogen-bond acceptors (Lipinski definition) is 6. The summed E-state index contributed by atoms with van der Waals surface area (Å²) in [5.41, 5.74) is 7.39. The molecule has 0 saturated carbocycles. The van der Waals surface area contributed by atoms with Gasteiger partial charge in [-0.1, -0.05) is 36.4 Å². The Morgan fingerprint density at radius 3 is 2.35 bits per heavy atom. The van der Waals surface area contributed by atoms with Crippen molar-refractivity contribution in [3.8, 4) is 11.3 Å². The molecule has 1 fully saturated rings. The molecular formula is C34H34N6O3. The first-order valence-electron chi connectivity index (χ1n) is 14.4. The zero-order chi connectivity index (χ0) is 29.8. The second kappa shape index (κ2) is 12.3. The number of carbonyl (C=O) groups is 2. The molecule has 43 heavy (non-hydrogen) atoms. The molecule has 3 heterocycles. The van der Waals surface area contributed by atoms with Gasteiger partial charge in [0.15, 0.2) is 5.76 Å². The summed E-state index contributed by atoms with van der Waals surface area (Å²) in [6, 6.07) is 27.2. The normalized spacial score (nSPS) is 13.2. The van der Waals surface area contributed by atoms with Crippen LogP contribution in [0, 0.1) is 6.92 Å². The summed E-state index contributed by atoms with van der Waals surface area (Å²) in [7, 11) is 1.90. The summed E-state index contributed by atoms with van der Waals surface area (Å²) in [6.07, 6.45) is 3.23. The standard InChI is InChI=1S/C34H34N6O3/c1-24-7-3-4-10-29(24)39-16-18-40(19-17-39)31-13-12-27(22-28(31)37-34(42)32-11-6-20-43-32)33(41)35-23-25-8-5-9-26(21-25)30-14-15-36-38(30)2/h3-15,20-22H,16-19,23H2,1-2H3,(H,35,41)(H,37,42). The molecule has 5 aromatic rings. The fourth-order valence-electron chi connectivity index (χ4n) is 5.53. The number of furan rings is 1. The number of benzene rings is 3. The summed E-state index contributed by atoms with van der Waals surface area (Å²) in [5, 5.41) is 10.3. The van der Waals surface area contributed by atoms with E-state index in [4.69, 9.17) is 4.42 Å². The van der Waals surface area contributed by atoms with Gasteiger partial charge in [-0.25, -0.2) is 0 Å². The van der Waals surface area contributed by atoms with Crippen LogP contribution in [0.5, 0.6) is 0 Å². The first-order valence-corrected chi connectivity index (χ1v) is 14.4. The minimum absolute atomic E-state index is 0.207. The van der Waals surface area contributed by atoms with Crippen molar-refractivity contribution in [3.05, 3.63) is 120 Å². The smallest absolute Gasteiger partial charge is 0.291 e. The van der Waals surface area contributed by atoms with Crippen molar-refractivity contribution in [3.63, 3.8) is 0 Å². The highest BCUT2D eigenvalue weighted by molar-refractivity contribution is 6.05. The van der Waals surface area contributed by atoms with E-state index in [-0.39, 0.29) is 17.6 Å². The molecule has 0 bridgehead atoms. The average molecular weight is 575 g/mol. The van der Waals surface area contributed by atoms with Crippen molar-refractivity contribution in [1.29, 1.82) is 0 Å². The predicted octanol–water partition coefficient (Wildman–Crippen LogP) is 5.50. The molecule has 0 aliphatic carbocycles. The number of nitrogens with one attached hydrogen (secondary N) is 2. The number of para-hydroxylation sites is 1. The van der Waals surface area contributed by atoms with Crippen molar-refractivity contribution in [2.24, 2.45) is 7.05 Å². The Hall–Kier alpha value is -5.31. The molecular weight excluding hydrogens is 540 g/mol. The lowest BCUT2D eigenvalue weighted by Crippen LogP contribution is -2.47. The molecule has 9 nitrogen and oxygen atoms in total. The second-order valence-corrected chi connectivity index (χ2v) is 10.6. The average Bonchev–Trinajstić information content (AvgIpc) is 3.73. The first kappa shape index (κ1) is 27.8. The van der Waals surface area contributed by atoms with E-state index in [1.807, 2.05) is 54.2 Å². The largest absolute Gasteiger partial charge is 0.459 e. The third kappa shape index (κ3) is 6.16. The molecule has 0 unspecified atom stereocenters. The molecule has 1 saturated heterocycles. The maximum absolute atomic E-state index is 13.3. The third-order valence-electron chi connectivity index (χ3n) is 7.83. The molecule has 0 radical (unpaired) electrons. The molecule has 0 spiro atoms. The molecule has 2 N–H and O–H groups in total. The zero-order valence-electron chi connectivity index (χ0n) is 24.3. The zero-order valence-corrected chi connectivity index (χ0v) is 24.3. The van der Waals surface area contributed by atoms with Crippen LogP contribution in [0.1, 0.15) is 32.0 Å². The van der Waals surface area contributed by atoms with Crippen molar-refractivity contribution >= 4 is 28.9 Å². The van der Waals surface area contributed by atoms with Crippen LogP contribution in [0.4, 0.5) is 17.1 Å². The van der Waals surface area contributed by atoms with E-state index >= 15 is 0 Å². The van der Waals surface area contributed by atoms with Crippen LogP contribution in [-0.4, -0.2) is 47.8 Å². The van der Waals surface area contributed by atoms with E-state index in [0.717, 1.165) is 48.7 Å². The Morgan fingerprint density at radius 2 is 1.63 bits per heavy atom. The van der Waals surface area contributed by atoms with Crippen molar-refractivity contribution in [1.82, 2.24) is 15.1 Å². The molecule has 9 heteroatoms. The number of aromatic nitrogens is 2. The highest BCUT2D eigenvalue weighted by Gasteiger charge is 2.23. The number of carbonyl (C=O) groups excluding carboxylic acids is 2. The quantitative estimate of drug-likeness (QED) is 0.254. The lowest BCUT2D eigenvalue weighted by atomic mass is 10.1. The van der Waals surface area contributed by atoms with Gasteiger partial charge in [-0.05, 0) is 66.6 Å². The Morgan fingerprint density at radius 1 is 0.837 bits per heavy atom. The first-order chi connectivity index (χ1) is 21.0. The maximum Gasteiger partial charge on any atom is 0.291 e. The molecule has 2 aromatic heterocycles. The minimum Gasteiger partial charge on any atom is -0.459 e. The summed E-state index contributed by atoms with van der Waals surface area (Å²) < 4.78 is 7.14. The Kier molecular flexibility index (Phi) is 7.95. The third-order valence-corrected chi connectivity index (χ3v) is 7.83. The van der Waals surface area contributed by atoms with Gasteiger partial charge in [0.05, 0.1) is 23.3 Å². The molecule has 3 aromatic carbocycles. The number of hydrogen-bond donors (Lipinski definition) is 2. The SMILES string of the molecule is Cc1ccccc1N1CCN(c2ccc(C(=O)NCc3cccc(-c4ccnn4C)c3)cc2NC(=O)c2ccco2)CC1. The Labute approximate surface area is 250 Å². The molecule has 6 rings (SSSR count). The fourth-order valence-corrected chi connectivity index (χ4v) is 5.53. The van der Waals surface area contributed by atoms with E-state index in [9.17, 15) is 9.59 Å². The molecule has 0 atom stereocenters. The predicted molar refractivity (Wildman–Crippen MR) is 169 cm³/mol. The summed E-state index contributed by atoms with van der Waals surface area (Å²) in [6.45, 7) is 5.73. The van der Waals surface area contributed by atoms with Gasteiger partial charge in [-0.2, -0.15) is 5.10 Å². The minimum atomic E-state index is -0.366. The van der Waals surface area contributed by atoms with Crippen LogP contribution in [0.15, 0.2) is 102 Å². The number of piperazine rings is 1. The van der Waals surface area contributed by atoms with Gasteiger partial charge in [0.2, 0.25) is 0 Å². The van der Waals surface area contributed by atoms with Gasteiger partial charge < -0.3 is 24.9 Å². The van der Waals surface area contributed by atoms with Gasteiger partial charge in [0.1, 0.15) is 0 Å². The lowest BCUT2D eigenvalue weighted by Gasteiger charge is -2.38. The van der Waals surface area contributed by atoms with E-state index in [0.29, 0.717) is 17.8 Å². The topological polar surface area (TPSA) is 95.6 Å². The van der Waals surface area contributed by atoms with E-state index in [1.54, 1.807) is 24.4 Å². The van der Waals surface area contributed by atoms with E-state index < -0.39 is 0 Å². The van der Waals surface area contributed by atoms with Crippen molar-refractivity contribution in [2.45, 2.75) is 13.5 Å². The number of rotatable bonds is 8. The van der Waals surface area contributed by atoms with Crippen molar-refractivity contribution < 1.29 is 14.0 Å². The molecule has 1 aliphatic rings. The van der Waals surface area contributed by atoms with Gasteiger partial charge in [-0.15, -0.1) is 0 Å². The Bertz CT molecular complexity index is 1730. The van der Waals surface area contributed by atoms with Gasteiger partial charge in [0.25, 0.3) is 11.8 Å². The van der Waals surface area contributed by atoms with Gasteiger partial charge >= 0.3 is 0 Å². The summed E-state index contributed by atoms with van der Waals surface area (Å²) in [5.74, 6) is -0.386. The highest BCUT2D eigenvalue weighted by Crippen LogP contribution is 2.30. The molecule has 1 aliphatic heterocycles. The van der Waals surface area contributed by atoms with Crippen molar-refractivity contribution in [2.75, 3.05) is 41.3 Å². The van der Waals surface area contributed by atoms with Gasteiger partial charge in [0, 0.05) is 62.8 Å². The number of aryl methyl sites for hydroxylation is 2. The van der Waals surface area contributed by atoms with Crippen LogP contribution in [0.3, 0.4) is 0 Å². The monoisotopic (exact) mass is 574 g/mol. The fraction of sp³-hybridized carbons (Fsp3) is 0.206. The van der Waals surface area contributed by atoms with E-state index in [2.05, 4.69) is 56.7 Å². The van der Waals surface area contributed by atoms with Crippen LogP contribution in [0.25, 0.3) is 11.3 Å². The number of nitrogens with zero attached hydrogens (tertiary/aromatic N) is 4. The van der Waals surface area contributed by atoms with E-state index in [1.165, 1.54) is 17.5 Å². The summed E-state index contributed by atoms with van der Waals surface area (Å²) in [4.78, 5) is 30.9. The Balaban J connectivity index is 1.19. The maximum atomic E-state index is 13.3. The summed E-state index contributed by atoms with van der Waals surface area (Å²) >= 11 is 0. The van der Waals surface area contributed by atoms with Crippen LogP contribution in [-0.2, 0) is 13.6 Å². The lowest BCUT2D eigenvalue weighted by molar-refractivity contribution is 0.0949. The van der Waals surface area contributed by atoms with Crippen LogP contribution < -0.4 is 20.4 Å². The van der Waals surface area contributed by atoms with Crippen LogP contribution in [0.2, 0.25) is 0 Å². The van der Waals surface area contributed by atoms with Gasteiger partial charge in [-0.3, -0.25) is 14.3 Å². The number of amides is 2. The highest BCUT2D eigenvalue weighted by atomic mass is 16.3. The number of anilines is 3. The van der Waals surface area contributed by atoms with Crippen LogP contribution >= 0.6 is 0 Å². The molecule has 218 valence electrons. The second-order valence-electron chi connectivity index (χ2n) is 10.6. The molecule has 2 amide bonds.